The van der Waals surface area contributed by atoms with Crippen LogP contribution in [0.3, 0.4) is 0 Å². The molecule has 0 radical (unpaired) electrons. The van der Waals surface area contributed by atoms with Gasteiger partial charge in [0, 0.05) is 12.0 Å². The number of carboxylic acid groups (broad SMARTS) is 1. The predicted octanol–water partition coefficient (Wildman–Crippen LogP) is 6.57. The van der Waals surface area contributed by atoms with Crippen molar-refractivity contribution in [2.75, 3.05) is 10.8 Å². The van der Waals surface area contributed by atoms with Crippen LogP contribution in [-0.2, 0) is 21.0 Å². The standard InChI is InChI=1S/C27H23F6NO6S/c1-26(2,24(35)36)13-18-14-34(41(37,38)19-5-3-4-16(11-19)27(31,32)33)22-10-15(6-9-23(22)39-18)20-12-17(40-25(29)30)7-8-21(20)28/h3-12,18,25H,13-14H2,1-2H3,(H,35,36). The zero-order valence-electron chi connectivity index (χ0n) is 21.5. The number of alkyl halides is 5. The molecule has 14 heteroatoms. The first kappa shape index (κ1) is 30.0. The van der Waals surface area contributed by atoms with E-state index in [4.69, 9.17) is 4.74 Å². The summed E-state index contributed by atoms with van der Waals surface area (Å²) in [7, 11) is -4.71. The third kappa shape index (κ3) is 6.37. The van der Waals surface area contributed by atoms with Crippen molar-refractivity contribution in [3.05, 3.63) is 72.0 Å². The highest BCUT2D eigenvalue weighted by atomic mass is 32.2. The van der Waals surface area contributed by atoms with E-state index in [1.807, 2.05) is 0 Å². The second-order valence-corrected chi connectivity index (χ2v) is 11.8. The molecule has 220 valence electrons. The number of hydrogen-bond acceptors (Lipinski definition) is 5. The van der Waals surface area contributed by atoms with E-state index in [-0.39, 0.29) is 34.7 Å². The smallest absolute Gasteiger partial charge is 0.416 e. The second-order valence-electron chi connectivity index (χ2n) is 9.90. The van der Waals surface area contributed by atoms with E-state index < -0.39 is 63.1 Å². The molecule has 0 saturated heterocycles. The van der Waals surface area contributed by atoms with Crippen molar-refractivity contribution in [1.29, 1.82) is 0 Å². The molecule has 1 N–H and O–H groups in total. The van der Waals surface area contributed by atoms with Gasteiger partial charge in [0.25, 0.3) is 10.0 Å². The third-order valence-electron chi connectivity index (χ3n) is 6.43. The van der Waals surface area contributed by atoms with Gasteiger partial charge in [0.1, 0.15) is 23.4 Å². The van der Waals surface area contributed by atoms with Crippen LogP contribution in [-0.4, -0.2) is 38.8 Å². The number of aliphatic carboxylic acids is 1. The summed E-state index contributed by atoms with van der Waals surface area (Å²) in [6.07, 6.45) is -6.03. The molecule has 1 aliphatic heterocycles. The number of sulfonamides is 1. The average molecular weight is 604 g/mol. The van der Waals surface area contributed by atoms with Crippen molar-refractivity contribution in [3.8, 4) is 22.6 Å². The molecule has 1 aliphatic rings. The maximum absolute atomic E-state index is 14.7. The lowest BCUT2D eigenvalue weighted by molar-refractivity contribution is -0.148. The number of carbonyl (C=O) groups is 1. The summed E-state index contributed by atoms with van der Waals surface area (Å²) >= 11 is 0. The average Bonchev–Trinajstić information content (AvgIpc) is 2.88. The van der Waals surface area contributed by atoms with Crippen LogP contribution in [0.4, 0.5) is 32.0 Å². The van der Waals surface area contributed by atoms with Crippen molar-refractivity contribution >= 4 is 21.7 Å². The molecular weight excluding hydrogens is 580 g/mol. The SMILES string of the molecule is CC(C)(CC1CN(S(=O)(=O)c2cccc(C(F)(F)F)c2)c2cc(-c3cc(OC(F)F)ccc3F)ccc2O1)C(=O)O. The summed E-state index contributed by atoms with van der Waals surface area (Å²) in [6.45, 7) is -0.867. The molecule has 0 fully saturated rings. The summed E-state index contributed by atoms with van der Waals surface area (Å²) in [5, 5.41) is 9.56. The lowest BCUT2D eigenvalue weighted by Gasteiger charge is -2.38. The Kier molecular flexibility index (Phi) is 7.91. The molecule has 0 aliphatic carbocycles. The van der Waals surface area contributed by atoms with Crippen LogP contribution in [0, 0.1) is 11.2 Å². The van der Waals surface area contributed by atoms with E-state index in [0.29, 0.717) is 12.1 Å². The monoisotopic (exact) mass is 603 g/mol. The minimum Gasteiger partial charge on any atom is -0.486 e. The summed E-state index contributed by atoms with van der Waals surface area (Å²) in [6, 6.07) is 9.71. The minimum atomic E-state index is -4.83. The quantitative estimate of drug-likeness (QED) is 0.293. The van der Waals surface area contributed by atoms with E-state index in [1.54, 1.807) is 0 Å². The number of rotatable bonds is 8. The van der Waals surface area contributed by atoms with Gasteiger partial charge in [0.15, 0.2) is 0 Å². The van der Waals surface area contributed by atoms with Crippen molar-refractivity contribution in [1.82, 2.24) is 0 Å². The number of hydrogen-bond donors (Lipinski definition) is 1. The zero-order chi connectivity index (χ0) is 30.3. The van der Waals surface area contributed by atoms with Crippen molar-refractivity contribution < 1.29 is 54.1 Å². The molecule has 7 nitrogen and oxygen atoms in total. The first-order valence-corrected chi connectivity index (χ1v) is 13.4. The van der Waals surface area contributed by atoms with Gasteiger partial charge in [-0.05, 0) is 67.9 Å². The molecule has 0 amide bonds. The number of fused-ring (bicyclic) bond motifs is 1. The fraction of sp³-hybridized carbons (Fsp3) is 0.296. The Morgan fingerprint density at radius 2 is 1.80 bits per heavy atom. The first-order chi connectivity index (χ1) is 19.0. The molecule has 0 aromatic heterocycles. The molecule has 1 heterocycles. The minimum absolute atomic E-state index is 0.0260. The van der Waals surface area contributed by atoms with E-state index in [0.717, 1.165) is 34.6 Å². The number of halogens is 6. The maximum atomic E-state index is 14.7. The van der Waals surface area contributed by atoms with Gasteiger partial charge in [0.05, 0.1) is 28.1 Å². The number of ether oxygens (including phenoxy) is 2. The topological polar surface area (TPSA) is 93.1 Å². The van der Waals surface area contributed by atoms with Crippen LogP contribution < -0.4 is 13.8 Å². The Balaban J connectivity index is 1.85. The Morgan fingerprint density at radius 3 is 2.44 bits per heavy atom. The molecular formula is C27H23F6NO6S. The first-order valence-electron chi connectivity index (χ1n) is 12.0. The van der Waals surface area contributed by atoms with Gasteiger partial charge in [-0.15, -0.1) is 0 Å². The van der Waals surface area contributed by atoms with Gasteiger partial charge in [-0.2, -0.15) is 22.0 Å². The lowest BCUT2D eigenvalue weighted by atomic mass is 9.86. The summed E-state index contributed by atoms with van der Waals surface area (Å²) < 4.78 is 119. The van der Waals surface area contributed by atoms with Gasteiger partial charge >= 0.3 is 18.8 Å². The highest BCUT2D eigenvalue weighted by Gasteiger charge is 2.40. The Labute approximate surface area is 231 Å². The van der Waals surface area contributed by atoms with Crippen LogP contribution in [0.1, 0.15) is 25.8 Å². The molecule has 4 rings (SSSR count). The molecule has 41 heavy (non-hydrogen) atoms. The van der Waals surface area contributed by atoms with Crippen LogP contribution in [0.15, 0.2) is 65.6 Å². The molecule has 0 spiro atoms. The van der Waals surface area contributed by atoms with E-state index in [1.165, 1.54) is 32.0 Å². The van der Waals surface area contributed by atoms with Gasteiger partial charge in [-0.25, -0.2) is 12.8 Å². The van der Waals surface area contributed by atoms with Gasteiger partial charge < -0.3 is 14.6 Å². The van der Waals surface area contributed by atoms with Crippen molar-refractivity contribution in [3.63, 3.8) is 0 Å². The fourth-order valence-corrected chi connectivity index (χ4v) is 5.88. The van der Waals surface area contributed by atoms with Crippen LogP contribution in [0.5, 0.6) is 11.5 Å². The highest BCUT2D eigenvalue weighted by molar-refractivity contribution is 7.92. The van der Waals surface area contributed by atoms with Gasteiger partial charge in [0.2, 0.25) is 0 Å². The van der Waals surface area contributed by atoms with Gasteiger partial charge in [-0.1, -0.05) is 12.1 Å². The normalized spacial score (nSPS) is 15.8. The predicted molar refractivity (Wildman–Crippen MR) is 135 cm³/mol. The van der Waals surface area contributed by atoms with E-state index >= 15 is 0 Å². The van der Waals surface area contributed by atoms with Crippen molar-refractivity contribution in [2.45, 2.75) is 44.1 Å². The van der Waals surface area contributed by atoms with E-state index in [2.05, 4.69) is 4.74 Å². The van der Waals surface area contributed by atoms with Crippen molar-refractivity contribution in [2.24, 2.45) is 5.41 Å². The number of benzene rings is 3. The number of nitrogens with zero attached hydrogens (tertiary/aromatic N) is 1. The third-order valence-corrected chi connectivity index (χ3v) is 8.21. The Hall–Kier alpha value is -3.94. The lowest BCUT2D eigenvalue weighted by Crippen LogP contribution is -2.46. The highest BCUT2D eigenvalue weighted by Crippen LogP contribution is 2.43. The molecule has 1 atom stereocenters. The van der Waals surface area contributed by atoms with Crippen LogP contribution in [0.25, 0.3) is 11.1 Å². The van der Waals surface area contributed by atoms with E-state index in [9.17, 15) is 44.7 Å². The Bertz CT molecular complexity index is 1570. The summed E-state index contributed by atoms with van der Waals surface area (Å²) in [5.74, 6) is -2.47. The fourth-order valence-electron chi connectivity index (χ4n) is 4.33. The molecule has 3 aromatic rings. The molecule has 0 bridgehead atoms. The molecule has 3 aromatic carbocycles. The second kappa shape index (κ2) is 10.8. The summed E-state index contributed by atoms with van der Waals surface area (Å²) in [5.41, 5.74) is -2.94. The number of anilines is 1. The van der Waals surface area contributed by atoms with Crippen LogP contribution in [0.2, 0.25) is 0 Å². The maximum Gasteiger partial charge on any atom is 0.416 e. The number of carboxylic acids is 1. The van der Waals surface area contributed by atoms with Gasteiger partial charge in [-0.3, -0.25) is 9.10 Å². The molecule has 1 unspecified atom stereocenters. The largest absolute Gasteiger partial charge is 0.486 e. The summed E-state index contributed by atoms with van der Waals surface area (Å²) in [4.78, 5) is 11.0. The zero-order valence-corrected chi connectivity index (χ0v) is 22.3. The molecule has 0 saturated carbocycles. The van der Waals surface area contributed by atoms with Crippen LogP contribution >= 0.6 is 0 Å². The Morgan fingerprint density at radius 1 is 1.10 bits per heavy atom.